The highest BCUT2D eigenvalue weighted by Crippen LogP contribution is 2.51. The Morgan fingerprint density at radius 1 is 0.583 bits per heavy atom. The molecule has 6 aromatic carbocycles. The lowest BCUT2D eigenvalue weighted by Gasteiger charge is -2.27. The van der Waals surface area contributed by atoms with Crippen molar-refractivity contribution in [2.24, 2.45) is 22.9 Å². The van der Waals surface area contributed by atoms with E-state index in [0.717, 1.165) is 11.1 Å². The fraction of sp³-hybridized carbons (Fsp3) is 0.174. The summed E-state index contributed by atoms with van der Waals surface area (Å²) in [5.41, 5.74) is 25.5. The van der Waals surface area contributed by atoms with Gasteiger partial charge in [0.05, 0.1) is 25.3 Å². The Morgan fingerprint density at radius 2 is 0.950 bits per heavy atom. The minimum absolute atomic E-state index is 0.00631. The molecule has 2 heterocycles. The molecule has 308 valence electrons. The van der Waals surface area contributed by atoms with E-state index in [2.05, 4.69) is 0 Å². The molecule has 0 aliphatic carbocycles. The lowest BCUT2D eigenvalue weighted by atomic mass is 9.85. The number of methoxy groups -OCH3 is 2. The van der Waals surface area contributed by atoms with Gasteiger partial charge in [0.15, 0.2) is 34.3 Å². The standard InChI is InChI=1S/2C23H20ClFN2O3/c2*1-29-18-9-7-14(22(27)28)20(21(18)25)19-15-11-23(12-26,13-5-3-2-4-6-13)30-17(15)10-8-16(19)24/h2*2-10H,11-12,26H2,1H3,(H2,27,28)/t2*23-/m11/s1. The topological polar surface area (TPSA) is 175 Å². The number of rotatable bonds is 10. The molecule has 14 heteroatoms. The Hall–Kier alpha value is -6.18. The second kappa shape index (κ2) is 16.8. The van der Waals surface area contributed by atoms with Crippen molar-refractivity contribution in [2.75, 3.05) is 27.3 Å². The fourth-order valence-corrected chi connectivity index (χ4v) is 8.49. The van der Waals surface area contributed by atoms with Crippen molar-refractivity contribution >= 4 is 35.0 Å². The fourth-order valence-electron chi connectivity index (χ4n) is 7.95. The largest absolute Gasteiger partial charge is 0.494 e. The van der Waals surface area contributed by atoms with Crippen LogP contribution in [0.2, 0.25) is 10.0 Å². The summed E-state index contributed by atoms with van der Waals surface area (Å²) in [6.45, 7) is 0.401. The highest BCUT2D eigenvalue weighted by atomic mass is 35.5. The number of hydrogen-bond acceptors (Lipinski definition) is 8. The first-order valence-electron chi connectivity index (χ1n) is 18.7. The van der Waals surface area contributed by atoms with Crippen molar-refractivity contribution < 1.29 is 37.3 Å². The van der Waals surface area contributed by atoms with Gasteiger partial charge in [-0.25, -0.2) is 8.78 Å². The first kappa shape index (κ1) is 42.0. The molecule has 0 saturated heterocycles. The van der Waals surface area contributed by atoms with Crippen LogP contribution in [0.3, 0.4) is 0 Å². The first-order valence-corrected chi connectivity index (χ1v) is 19.4. The van der Waals surface area contributed by atoms with Gasteiger partial charge in [-0.05, 0) is 59.7 Å². The Balaban J connectivity index is 0.000000181. The van der Waals surface area contributed by atoms with Crippen LogP contribution in [0.5, 0.6) is 23.0 Å². The molecule has 2 amide bonds. The average Bonchev–Trinajstić information content (AvgIpc) is 3.85. The normalized spacial score (nSPS) is 17.3. The summed E-state index contributed by atoms with van der Waals surface area (Å²) in [6.07, 6.45) is 0.710. The van der Waals surface area contributed by atoms with Crippen LogP contribution in [-0.4, -0.2) is 39.1 Å². The number of benzene rings is 6. The molecule has 0 spiro atoms. The van der Waals surface area contributed by atoms with Crippen LogP contribution in [0.15, 0.2) is 109 Å². The van der Waals surface area contributed by atoms with E-state index in [1.165, 1.54) is 38.5 Å². The number of hydrogen-bond donors (Lipinski definition) is 4. The van der Waals surface area contributed by atoms with Gasteiger partial charge >= 0.3 is 0 Å². The molecule has 6 aromatic rings. The molecule has 0 fully saturated rings. The molecule has 10 nitrogen and oxygen atoms in total. The van der Waals surface area contributed by atoms with Gasteiger partial charge in [0.1, 0.15) is 11.5 Å². The smallest absolute Gasteiger partial charge is 0.249 e. The predicted molar refractivity (Wildman–Crippen MR) is 227 cm³/mol. The number of carbonyl (C=O) groups is 2. The van der Waals surface area contributed by atoms with Crippen LogP contribution in [0.25, 0.3) is 22.3 Å². The first-order chi connectivity index (χ1) is 28.8. The number of carbonyl (C=O) groups excluding carboxylic acids is 2. The third-order valence-electron chi connectivity index (χ3n) is 10.9. The van der Waals surface area contributed by atoms with Gasteiger partial charge in [-0.3, -0.25) is 9.59 Å². The minimum atomic E-state index is -0.828. The molecule has 0 aromatic heterocycles. The summed E-state index contributed by atoms with van der Waals surface area (Å²) in [5.74, 6) is -1.95. The van der Waals surface area contributed by atoms with E-state index in [1.54, 1.807) is 24.3 Å². The lowest BCUT2D eigenvalue weighted by Crippen LogP contribution is -2.39. The molecule has 2 aliphatic rings. The van der Waals surface area contributed by atoms with Gasteiger partial charge in [-0.15, -0.1) is 0 Å². The average molecular weight is 854 g/mol. The summed E-state index contributed by atoms with van der Waals surface area (Å²) < 4.78 is 53.5. The Bertz CT molecular complexity index is 2450. The molecular formula is C46H40Cl2F2N4O6. The maximum absolute atomic E-state index is 15.4. The summed E-state index contributed by atoms with van der Waals surface area (Å²) in [7, 11) is 2.70. The molecule has 0 unspecified atom stereocenters. The van der Waals surface area contributed by atoms with Crippen molar-refractivity contribution in [3.05, 3.63) is 164 Å². The number of ether oxygens (including phenoxy) is 4. The lowest BCUT2D eigenvalue weighted by molar-refractivity contribution is 0.0992. The summed E-state index contributed by atoms with van der Waals surface area (Å²) in [5, 5.41) is 0.542. The maximum atomic E-state index is 15.4. The zero-order valence-electron chi connectivity index (χ0n) is 32.5. The Kier molecular flexibility index (Phi) is 11.8. The summed E-state index contributed by atoms with van der Waals surface area (Å²) >= 11 is 13.0. The zero-order valence-corrected chi connectivity index (χ0v) is 34.0. The number of amides is 2. The van der Waals surface area contributed by atoms with Crippen LogP contribution in [0, 0.1) is 11.6 Å². The second-order valence-corrected chi connectivity index (χ2v) is 15.0. The molecule has 0 radical (unpaired) electrons. The highest BCUT2D eigenvalue weighted by Gasteiger charge is 2.44. The Morgan fingerprint density at radius 3 is 1.27 bits per heavy atom. The van der Waals surface area contributed by atoms with E-state index in [1.807, 2.05) is 60.7 Å². The zero-order chi connectivity index (χ0) is 42.9. The molecule has 8 N–H and O–H groups in total. The van der Waals surface area contributed by atoms with E-state index in [9.17, 15) is 9.59 Å². The molecule has 60 heavy (non-hydrogen) atoms. The van der Waals surface area contributed by atoms with Crippen LogP contribution < -0.4 is 41.9 Å². The number of primary amides is 2. The van der Waals surface area contributed by atoms with Crippen LogP contribution in [0.1, 0.15) is 43.0 Å². The monoisotopic (exact) mass is 852 g/mol. The van der Waals surface area contributed by atoms with E-state index >= 15 is 8.78 Å². The molecular weight excluding hydrogens is 813 g/mol. The molecule has 0 bridgehead atoms. The van der Waals surface area contributed by atoms with Crippen molar-refractivity contribution in [3.8, 4) is 45.3 Å². The van der Waals surface area contributed by atoms with Crippen LogP contribution in [-0.2, 0) is 24.0 Å². The third kappa shape index (κ3) is 7.26. The second-order valence-electron chi connectivity index (χ2n) is 14.2. The highest BCUT2D eigenvalue weighted by molar-refractivity contribution is 6.34. The van der Waals surface area contributed by atoms with E-state index in [0.29, 0.717) is 46.6 Å². The molecule has 2 aliphatic heterocycles. The summed E-state index contributed by atoms with van der Waals surface area (Å²) in [6, 6.07) is 31.4. The van der Waals surface area contributed by atoms with Crippen molar-refractivity contribution in [1.29, 1.82) is 0 Å². The summed E-state index contributed by atoms with van der Waals surface area (Å²) in [4.78, 5) is 24.2. The van der Waals surface area contributed by atoms with Gasteiger partial charge in [-0.2, -0.15) is 0 Å². The number of fused-ring (bicyclic) bond motifs is 2. The van der Waals surface area contributed by atoms with Crippen molar-refractivity contribution in [1.82, 2.24) is 0 Å². The predicted octanol–water partition coefficient (Wildman–Crippen LogP) is 8.09. The van der Waals surface area contributed by atoms with Gasteiger partial charge in [0.2, 0.25) is 11.8 Å². The van der Waals surface area contributed by atoms with Crippen molar-refractivity contribution in [3.63, 3.8) is 0 Å². The van der Waals surface area contributed by atoms with E-state index in [-0.39, 0.29) is 56.9 Å². The SMILES string of the molecule is COc1ccc(C(N)=O)c(-c2c(Cl)ccc3c2C[C@@](CN)(c2ccccc2)O3)c1F.COc1ccc(C(N)=O)c(-c2c(Cl)ccc3c2C[C@@](CN)(c2ccccc2)O3)c1F. The molecule has 2 atom stereocenters. The van der Waals surface area contributed by atoms with Crippen LogP contribution in [0.4, 0.5) is 8.78 Å². The van der Waals surface area contributed by atoms with Gasteiger partial charge in [0, 0.05) is 69.4 Å². The minimum Gasteiger partial charge on any atom is -0.494 e. The Labute approximate surface area is 354 Å². The molecule has 8 rings (SSSR count). The van der Waals surface area contributed by atoms with Gasteiger partial charge in [0.25, 0.3) is 0 Å². The third-order valence-corrected chi connectivity index (χ3v) is 11.5. The van der Waals surface area contributed by atoms with E-state index in [4.69, 9.17) is 65.1 Å². The quantitative estimate of drug-likeness (QED) is 0.107. The van der Waals surface area contributed by atoms with Crippen LogP contribution >= 0.6 is 23.2 Å². The van der Waals surface area contributed by atoms with E-state index < -0.39 is 34.7 Å². The number of halogens is 4. The number of nitrogens with two attached hydrogens (primary N) is 4. The molecule has 0 saturated carbocycles. The van der Waals surface area contributed by atoms with Crippen molar-refractivity contribution in [2.45, 2.75) is 24.0 Å². The van der Waals surface area contributed by atoms with Gasteiger partial charge in [-0.1, -0.05) is 83.9 Å². The maximum Gasteiger partial charge on any atom is 0.249 e. The van der Waals surface area contributed by atoms with Gasteiger partial charge < -0.3 is 41.9 Å².